The third-order valence-electron chi connectivity index (χ3n) is 4.63. The Morgan fingerprint density at radius 2 is 1.56 bits per heavy atom. The van der Waals surface area contributed by atoms with Crippen molar-refractivity contribution in [3.63, 3.8) is 0 Å². The van der Waals surface area contributed by atoms with Crippen LogP contribution in [0.15, 0.2) is 17.0 Å². The van der Waals surface area contributed by atoms with Gasteiger partial charge in [-0.25, -0.2) is 8.42 Å². The summed E-state index contributed by atoms with van der Waals surface area (Å²) in [4.78, 5) is 13.3. The fourth-order valence-electron chi connectivity index (χ4n) is 3.27. The maximum absolute atomic E-state index is 13.1. The molecule has 0 atom stereocenters. The molecule has 25 heavy (non-hydrogen) atoms. The molecule has 1 amide bonds. The second-order valence-electron chi connectivity index (χ2n) is 7.84. The highest BCUT2D eigenvalue weighted by molar-refractivity contribution is 7.89. The zero-order chi connectivity index (χ0) is 19.0. The van der Waals surface area contributed by atoms with E-state index in [4.69, 9.17) is 5.73 Å². The summed E-state index contributed by atoms with van der Waals surface area (Å²) in [5.41, 5.74) is 7.88. The minimum absolute atomic E-state index is 0.0296. The lowest BCUT2D eigenvalue weighted by molar-refractivity contribution is -0.119. The summed E-state index contributed by atoms with van der Waals surface area (Å²) in [5.74, 6) is -0.388. The monoisotopic (exact) mass is 367 g/mol. The second kappa shape index (κ2) is 7.05. The number of primary amides is 1. The van der Waals surface area contributed by atoms with Crippen molar-refractivity contribution in [1.29, 1.82) is 0 Å². The average molecular weight is 368 g/mol. The van der Waals surface area contributed by atoms with Gasteiger partial charge in [0.2, 0.25) is 15.9 Å². The Morgan fingerprint density at radius 1 is 1.08 bits per heavy atom. The Bertz CT molecular complexity index is 735. The number of aryl methyl sites for hydroxylation is 2. The van der Waals surface area contributed by atoms with E-state index in [0.29, 0.717) is 31.1 Å². The molecule has 0 unspecified atom stereocenters. The van der Waals surface area contributed by atoms with Gasteiger partial charge in [0.1, 0.15) is 0 Å². The van der Waals surface area contributed by atoms with Crippen LogP contribution in [0.3, 0.4) is 0 Å². The van der Waals surface area contributed by atoms with Crippen molar-refractivity contribution >= 4 is 15.9 Å². The summed E-state index contributed by atoms with van der Waals surface area (Å²) >= 11 is 0. The number of piperazine rings is 1. The van der Waals surface area contributed by atoms with E-state index in [9.17, 15) is 13.2 Å². The molecule has 2 rings (SSSR count). The minimum Gasteiger partial charge on any atom is -0.369 e. The van der Waals surface area contributed by atoms with Crippen molar-refractivity contribution in [1.82, 2.24) is 9.21 Å². The predicted octanol–water partition coefficient (Wildman–Crippen LogP) is 1.39. The molecule has 2 N–H and O–H groups in total. The molecule has 1 heterocycles. The van der Waals surface area contributed by atoms with Crippen LogP contribution in [0.2, 0.25) is 0 Å². The van der Waals surface area contributed by atoms with E-state index in [1.807, 2.05) is 30.9 Å². The molecule has 0 aliphatic carbocycles. The first-order chi connectivity index (χ1) is 11.4. The van der Waals surface area contributed by atoms with Crippen LogP contribution in [-0.2, 0) is 20.2 Å². The number of hydrogen-bond donors (Lipinski definition) is 1. The molecule has 140 valence electrons. The van der Waals surface area contributed by atoms with Gasteiger partial charge in [-0.1, -0.05) is 32.9 Å². The number of amides is 1. The van der Waals surface area contributed by atoms with Crippen LogP contribution in [0, 0.1) is 13.8 Å². The molecule has 0 saturated carbocycles. The van der Waals surface area contributed by atoms with Gasteiger partial charge < -0.3 is 5.73 Å². The van der Waals surface area contributed by atoms with E-state index in [-0.39, 0.29) is 17.9 Å². The van der Waals surface area contributed by atoms with E-state index >= 15 is 0 Å². The summed E-state index contributed by atoms with van der Waals surface area (Å²) in [6.45, 7) is 12.0. The van der Waals surface area contributed by atoms with Gasteiger partial charge in [0.05, 0.1) is 11.4 Å². The van der Waals surface area contributed by atoms with Gasteiger partial charge in [-0.05, 0) is 36.0 Å². The highest BCUT2D eigenvalue weighted by Gasteiger charge is 2.31. The molecule has 1 aliphatic rings. The molecule has 1 fully saturated rings. The third kappa shape index (κ3) is 4.40. The van der Waals surface area contributed by atoms with Crippen LogP contribution in [0.25, 0.3) is 0 Å². The number of sulfonamides is 1. The highest BCUT2D eigenvalue weighted by atomic mass is 32.2. The van der Waals surface area contributed by atoms with E-state index in [2.05, 4.69) is 20.8 Å². The van der Waals surface area contributed by atoms with Crippen molar-refractivity contribution in [2.75, 3.05) is 32.7 Å². The van der Waals surface area contributed by atoms with Gasteiger partial charge >= 0.3 is 0 Å². The average Bonchev–Trinajstić information content (AvgIpc) is 2.45. The molecule has 0 spiro atoms. The Hall–Kier alpha value is -1.44. The first-order valence-electron chi connectivity index (χ1n) is 8.55. The van der Waals surface area contributed by atoms with Gasteiger partial charge in [0, 0.05) is 26.2 Å². The summed E-state index contributed by atoms with van der Waals surface area (Å²) in [6.07, 6.45) is 0. The Labute approximate surface area is 151 Å². The van der Waals surface area contributed by atoms with Gasteiger partial charge in [0.25, 0.3) is 0 Å². The quantitative estimate of drug-likeness (QED) is 0.872. The van der Waals surface area contributed by atoms with Crippen LogP contribution in [0.1, 0.15) is 37.5 Å². The Kier molecular flexibility index (Phi) is 5.61. The Morgan fingerprint density at radius 3 is 1.96 bits per heavy atom. The van der Waals surface area contributed by atoms with Crippen molar-refractivity contribution in [2.24, 2.45) is 5.73 Å². The lowest BCUT2D eigenvalue weighted by Gasteiger charge is -2.34. The zero-order valence-corrected chi connectivity index (χ0v) is 16.6. The van der Waals surface area contributed by atoms with Crippen molar-refractivity contribution in [3.8, 4) is 0 Å². The Balaban J connectivity index is 2.28. The normalized spacial score (nSPS) is 17.6. The minimum atomic E-state index is -3.55. The summed E-state index contributed by atoms with van der Waals surface area (Å²) in [7, 11) is -3.55. The molecule has 1 saturated heterocycles. The molecule has 6 nitrogen and oxygen atoms in total. The maximum atomic E-state index is 13.1. The smallest absolute Gasteiger partial charge is 0.243 e. The summed E-state index contributed by atoms with van der Waals surface area (Å²) in [6, 6.07) is 3.95. The molecule has 0 radical (unpaired) electrons. The van der Waals surface area contributed by atoms with E-state index < -0.39 is 10.0 Å². The number of carbonyl (C=O) groups is 1. The molecule has 0 bridgehead atoms. The molecule has 0 aromatic heterocycles. The van der Waals surface area contributed by atoms with E-state index in [0.717, 1.165) is 16.7 Å². The number of nitrogens with zero attached hydrogens (tertiary/aromatic N) is 2. The van der Waals surface area contributed by atoms with Crippen LogP contribution in [0.5, 0.6) is 0 Å². The fourth-order valence-corrected chi connectivity index (χ4v) is 5.10. The number of hydrogen-bond acceptors (Lipinski definition) is 4. The number of nitrogens with two attached hydrogens (primary N) is 1. The fraction of sp³-hybridized carbons (Fsp3) is 0.611. The molecule has 1 aliphatic heterocycles. The van der Waals surface area contributed by atoms with Crippen LogP contribution >= 0.6 is 0 Å². The number of benzene rings is 1. The first kappa shape index (κ1) is 19.9. The second-order valence-corrected chi connectivity index (χ2v) is 9.71. The molecular formula is C18H29N3O3S. The lowest BCUT2D eigenvalue weighted by atomic mass is 9.85. The van der Waals surface area contributed by atoms with Gasteiger partial charge in [-0.2, -0.15) is 4.31 Å². The van der Waals surface area contributed by atoms with Crippen molar-refractivity contribution < 1.29 is 13.2 Å². The van der Waals surface area contributed by atoms with Crippen molar-refractivity contribution in [3.05, 3.63) is 28.8 Å². The number of rotatable bonds is 4. The molecule has 1 aromatic rings. The van der Waals surface area contributed by atoms with E-state index in [1.165, 1.54) is 4.31 Å². The predicted molar refractivity (Wildman–Crippen MR) is 99.0 cm³/mol. The SMILES string of the molecule is Cc1cc(C(C)(C)C)cc(C)c1S(=O)(=O)N1CCN(CC(N)=O)CC1. The van der Waals surface area contributed by atoms with Crippen LogP contribution in [0.4, 0.5) is 0 Å². The topological polar surface area (TPSA) is 83.7 Å². The maximum Gasteiger partial charge on any atom is 0.243 e. The van der Waals surface area contributed by atoms with Crippen molar-refractivity contribution in [2.45, 2.75) is 44.9 Å². The van der Waals surface area contributed by atoms with Gasteiger partial charge in [-0.3, -0.25) is 9.69 Å². The highest BCUT2D eigenvalue weighted by Crippen LogP contribution is 2.31. The zero-order valence-electron chi connectivity index (χ0n) is 15.8. The molecule has 7 heteroatoms. The molecular weight excluding hydrogens is 338 g/mol. The van der Waals surface area contributed by atoms with Crippen LogP contribution in [-0.4, -0.2) is 56.3 Å². The summed E-state index contributed by atoms with van der Waals surface area (Å²) in [5, 5.41) is 0. The lowest BCUT2D eigenvalue weighted by Crippen LogP contribution is -2.50. The largest absolute Gasteiger partial charge is 0.369 e. The van der Waals surface area contributed by atoms with Gasteiger partial charge in [-0.15, -0.1) is 0 Å². The third-order valence-corrected chi connectivity index (χ3v) is 6.84. The molecule has 1 aromatic carbocycles. The standard InChI is InChI=1S/C18H29N3O3S/c1-13-10-15(18(3,4)5)11-14(2)17(13)25(23,24)21-8-6-20(7-9-21)12-16(19)22/h10-11H,6-9,12H2,1-5H3,(H2,19,22). The summed E-state index contributed by atoms with van der Waals surface area (Å²) < 4.78 is 27.8. The van der Waals surface area contributed by atoms with Gasteiger partial charge in [0.15, 0.2) is 0 Å². The van der Waals surface area contributed by atoms with Crippen LogP contribution < -0.4 is 5.73 Å². The number of carbonyl (C=O) groups excluding carboxylic acids is 1. The first-order valence-corrected chi connectivity index (χ1v) is 9.99. The van der Waals surface area contributed by atoms with E-state index in [1.54, 1.807) is 0 Å².